The maximum Gasteiger partial charge on any atom is 0.303 e. The molecule has 2 atom stereocenters. The van der Waals surface area contributed by atoms with E-state index in [0.717, 1.165) is 44.9 Å². The Bertz CT molecular complexity index is 269. The van der Waals surface area contributed by atoms with Crippen LogP contribution < -0.4 is 0 Å². The predicted octanol–water partition coefficient (Wildman–Crippen LogP) is 4.40. The normalized spacial score (nSPS) is 21.8. The highest BCUT2D eigenvalue weighted by Gasteiger charge is 2.26. The van der Waals surface area contributed by atoms with E-state index < -0.39 is 5.97 Å². The van der Waals surface area contributed by atoms with Gasteiger partial charge < -0.3 is 9.84 Å². The lowest BCUT2D eigenvalue weighted by molar-refractivity contribution is -0.298. The van der Waals surface area contributed by atoms with Gasteiger partial charge in [0.25, 0.3) is 0 Å². The van der Waals surface area contributed by atoms with Crippen LogP contribution in [-0.2, 0) is 19.3 Å². The van der Waals surface area contributed by atoms with Gasteiger partial charge in [-0.15, -0.1) is 0 Å². The highest BCUT2D eigenvalue weighted by Crippen LogP contribution is 2.22. The highest BCUT2D eigenvalue weighted by molar-refractivity contribution is 5.66. The van der Waals surface area contributed by atoms with E-state index in [9.17, 15) is 4.79 Å². The van der Waals surface area contributed by atoms with E-state index in [0.29, 0.717) is 0 Å². The van der Waals surface area contributed by atoms with Crippen LogP contribution in [-0.4, -0.2) is 23.7 Å². The summed E-state index contributed by atoms with van der Waals surface area (Å²) < 4.78 is 5.67. The highest BCUT2D eigenvalue weighted by atomic mass is 17.3. The monoisotopic (exact) mass is 302 g/mol. The quantitative estimate of drug-likeness (QED) is 0.403. The number of ether oxygens (including phenoxy) is 1. The summed E-state index contributed by atoms with van der Waals surface area (Å²) in [7, 11) is 0. The Morgan fingerprint density at radius 3 is 1.90 bits per heavy atom. The van der Waals surface area contributed by atoms with Crippen molar-refractivity contribution in [1.82, 2.24) is 0 Å². The lowest BCUT2D eigenvalue weighted by Gasteiger charge is -2.08. The summed E-state index contributed by atoms with van der Waals surface area (Å²) in [5, 5.41) is 8.53. The van der Waals surface area contributed by atoms with Gasteiger partial charge in [0.05, 0.1) is 0 Å². The molecule has 1 N–H and O–H groups in total. The third-order valence-corrected chi connectivity index (χ3v) is 3.70. The molecular formula is C16H30O5. The zero-order valence-electron chi connectivity index (χ0n) is 13.2. The molecule has 0 aromatic carbocycles. The summed E-state index contributed by atoms with van der Waals surface area (Å²) in [6, 6.07) is 0. The lowest BCUT2D eigenvalue weighted by Crippen LogP contribution is -2.11. The first-order valence-electron chi connectivity index (χ1n) is 8.41. The third-order valence-electron chi connectivity index (χ3n) is 3.70. The Balaban J connectivity index is 1.90. The summed E-state index contributed by atoms with van der Waals surface area (Å²) in [6.45, 7) is 2.21. The van der Waals surface area contributed by atoms with Crippen molar-refractivity contribution in [3.63, 3.8) is 0 Å². The standard InChI is InChI=1S/C16H30O5/c1-2-3-4-5-9-12-15-19-16(21-20-15)13-10-7-6-8-11-14(17)18/h15-16H,2-13H2,1H3,(H,17,18). The van der Waals surface area contributed by atoms with Crippen molar-refractivity contribution >= 4 is 5.97 Å². The average Bonchev–Trinajstić information content (AvgIpc) is 2.90. The summed E-state index contributed by atoms with van der Waals surface area (Å²) in [5.41, 5.74) is 0. The first-order chi connectivity index (χ1) is 10.2. The van der Waals surface area contributed by atoms with E-state index in [1.54, 1.807) is 0 Å². The molecule has 0 aliphatic carbocycles. The minimum Gasteiger partial charge on any atom is -0.481 e. The van der Waals surface area contributed by atoms with Crippen LogP contribution >= 0.6 is 0 Å². The second-order valence-corrected chi connectivity index (χ2v) is 5.74. The minimum absolute atomic E-state index is 0.205. The van der Waals surface area contributed by atoms with Crippen LogP contribution in [0.3, 0.4) is 0 Å². The van der Waals surface area contributed by atoms with Gasteiger partial charge in [-0.1, -0.05) is 45.4 Å². The molecule has 0 aromatic rings. The van der Waals surface area contributed by atoms with Crippen molar-refractivity contribution < 1.29 is 24.4 Å². The molecule has 0 spiro atoms. The van der Waals surface area contributed by atoms with Gasteiger partial charge in [-0.3, -0.25) is 4.79 Å². The Morgan fingerprint density at radius 2 is 1.38 bits per heavy atom. The fourth-order valence-electron chi connectivity index (χ4n) is 2.43. The van der Waals surface area contributed by atoms with Crippen molar-refractivity contribution in [2.75, 3.05) is 0 Å². The van der Waals surface area contributed by atoms with Crippen LogP contribution in [0, 0.1) is 0 Å². The second-order valence-electron chi connectivity index (χ2n) is 5.74. The first kappa shape index (κ1) is 18.4. The topological polar surface area (TPSA) is 65.0 Å². The smallest absolute Gasteiger partial charge is 0.303 e. The summed E-state index contributed by atoms with van der Waals surface area (Å²) >= 11 is 0. The zero-order valence-corrected chi connectivity index (χ0v) is 13.2. The van der Waals surface area contributed by atoms with Crippen molar-refractivity contribution in [2.24, 2.45) is 0 Å². The number of rotatable bonds is 13. The van der Waals surface area contributed by atoms with E-state index in [-0.39, 0.29) is 19.0 Å². The largest absolute Gasteiger partial charge is 0.481 e. The molecule has 1 aliphatic heterocycles. The molecule has 21 heavy (non-hydrogen) atoms. The first-order valence-corrected chi connectivity index (χ1v) is 8.41. The van der Waals surface area contributed by atoms with Crippen molar-refractivity contribution in [3.8, 4) is 0 Å². The van der Waals surface area contributed by atoms with E-state index in [1.807, 2.05) is 0 Å². The number of hydrogen-bond donors (Lipinski definition) is 1. The van der Waals surface area contributed by atoms with Gasteiger partial charge in [-0.25, -0.2) is 9.78 Å². The van der Waals surface area contributed by atoms with Crippen molar-refractivity contribution in [1.29, 1.82) is 0 Å². The Morgan fingerprint density at radius 1 is 0.857 bits per heavy atom. The predicted molar refractivity (Wildman–Crippen MR) is 79.5 cm³/mol. The Kier molecular flexibility index (Phi) is 10.5. The van der Waals surface area contributed by atoms with Crippen molar-refractivity contribution in [3.05, 3.63) is 0 Å². The third kappa shape index (κ3) is 9.82. The minimum atomic E-state index is -0.715. The van der Waals surface area contributed by atoms with E-state index in [2.05, 4.69) is 6.92 Å². The van der Waals surface area contributed by atoms with Crippen LogP contribution in [0.4, 0.5) is 0 Å². The fourth-order valence-corrected chi connectivity index (χ4v) is 2.43. The maximum absolute atomic E-state index is 10.4. The number of carboxylic acids is 1. The number of carbonyl (C=O) groups is 1. The van der Waals surface area contributed by atoms with Gasteiger partial charge in [0.1, 0.15) is 0 Å². The number of unbranched alkanes of at least 4 members (excludes halogenated alkanes) is 7. The van der Waals surface area contributed by atoms with Crippen LogP contribution in [0.1, 0.15) is 84.0 Å². The fraction of sp³-hybridized carbons (Fsp3) is 0.938. The molecule has 0 aromatic heterocycles. The molecule has 1 saturated heterocycles. The van der Waals surface area contributed by atoms with Crippen LogP contribution in [0.2, 0.25) is 0 Å². The molecule has 1 heterocycles. The number of hydrogen-bond acceptors (Lipinski definition) is 4. The van der Waals surface area contributed by atoms with Gasteiger partial charge in [0.2, 0.25) is 0 Å². The van der Waals surface area contributed by atoms with Crippen LogP contribution in [0.15, 0.2) is 0 Å². The summed E-state index contributed by atoms with van der Waals surface area (Å²) in [6.07, 6.45) is 11.4. The van der Waals surface area contributed by atoms with Gasteiger partial charge in [0, 0.05) is 19.3 Å². The van der Waals surface area contributed by atoms with Gasteiger partial charge in [0.15, 0.2) is 12.6 Å². The van der Waals surface area contributed by atoms with Gasteiger partial charge >= 0.3 is 5.97 Å². The van der Waals surface area contributed by atoms with E-state index >= 15 is 0 Å². The van der Waals surface area contributed by atoms with Gasteiger partial charge in [-0.05, 0) is 19.3 Å². The zero-order chi connectivity index (χ0) is 15.3. The van der Waals surface area contributed by atoms with Crippen LogP contribution in [0.25, 0.3) is 0 Å². The average molecular weight is 302 g/mol. The molecule has 2 unspecified atom stereocenters. The number of carboxylic acid groups (broad SMARTS) is 1. The molecular weight excluding hydrogens is 272 g/mol. The summed E-state index contributed by atoms with van der Waals surface area (Å²) in [4.78, 5) is 20.7. The van der Waals surface area contributed by atoms with Gasteiger partial charge in [-0.2, -0.15) is 0 Å². The molecule has 1 fully saturated rings. The maximum atomic E-state index is 10.4. The molecule has 5 heteroatoms. The van der Waals surface area contributed by atoms with E-state index in [1.165, 1.54) is 25.7 Å². The molecule has 124 valence electrons. The Labute approximate surface area is 127 Å². The summed E-state index contributed by atoms with van der Waals surface area (Å²) in [5.74, 6) is -0.715. The van der Waals surface area contributed by atoms with E-state index in [4.69, 9.17) is 19.6 Å². The molecule has 0 bridgehead atoms. The molecule has 5 nitrogen and oxygen atoms in total. The van der Waals surface area contributed by atoms with Crippen molar-refractivity contribution in [2.45, 2.75) is 96.6 Å². The Hall–Kier alpha value is -0.650. The number of aliphatic carboxylic acids is 1. The SMILES string of the molecule is CCCCCCCC1OOC(CCCCCCC(=O)O)O1. The molecule has 0 saturated carbocycles. The molecule has 0 radical (unpaired) electrons. The molecule has 1 aliphatic rings. The second kappa shape index (κ2) is 12.0. The van der Waals surface area contributed by atoms with Crippen LogP contribution in [0.5, 0.6) is 0 Å². The lowest BCUT2D eigenvalue weighted by atomic mass is 10.1. The molecule has 1 rings (SSSR count). The molecule has 0 amide bonds.